The molecule has 1 atom stereocenters. The molecule has 1 aliphatic rings. The second-order valence-corrected chi connectivity index (χ2v) is 5.08. The van der Waals surface area contributed by atoms with Crippen LogP contribution in [-0.2, 0) is 4.79 Å². The molecule has 0 aliphatic carbocycles. The summed E-state index contributed by atoms with van der Waals surface area (Å²) in [6.07, 6.45) is 2.04. The van der Waals surface area contributed by atoms with Crippen molar-refractivity contribution in [3.05, 3.63) is 0 Å². The minimum Gasteiger partial charge on any atom is -0.396 e. The van der Waals surface area contributed by atoms with Crippen LogP contribution in [0.15, 0.2) is 0 Å². The lowest BCUT2D eigenvalue weighted by atomic mass is 9.93. The molecule has 1 saturated heterocycles. The molecule has 1 aliphatic heterocycles. The predicted molar refractivity (Wildman–Crippen MR) is 59.5 cm³/mol. The maximum absolute atomic E-state index is 11.7. The van der Waals surface area contributed by atoms with Gasteiger partial charge in [0.2, 0.25) is 5.91 Å². The molecule has 88 valence electrons. The SMILES string of the molecule is CC(C)(CO)CNC(=O)[C@H]1CCCNC1. The highest BCUT2D eigenvalue weighted by atomic mass is 16.3. The van der Waals surface area contributed by atoms with Gasteiger partial charge in [-0.05, 0) is 19.4 Å². The molecule has 1 amide bonds. The van der Waals surface area contributed by atoms with Crippen LogP contribution in [0.2, 0.25) is 0 Å². The minimum atomic E-state index is -0.224. The number of rotatable bonds is 4. The highest BCUT2D eigenvalue weighted by Crippen LogP contribution is 2.13. The minimum absolute atomic E-state index is 0.0934. The van der Waals surface area contributed by atoms with Crippen molar-refractivity contribution in [2.24, 2.45) is 11.3 Å². The highest BCUT2D eigenvalue weighted by Gasteiger charge is 2.23. The van der Waals surface area contributed by atoms with Gasteiger partial charge < -0.3 is 15.7 Å². The van der Waals surface area contributed by atoms with Crippen molar-refractivity contribution in [2.75, 3.05) is 26.2 Å². The molecule has 0 bridgehead atoms. The van der Waals surface area contributed by atoms with Gasteiger partial charge in [-0.25, -0.2) is 0 Å². The lowest BCUT2D eigenvalue weighted by molar-refractivity contribution is -0.126. The molecule has 0 aromatic heterocycles. The van der Waals surface area contributed by atoms with Crippen LogP contribution in [0, 0.1) is 11.3 Å². The predicted octanol–water partition coefficient (Wildman–Crippen LogP) is 0.121. The summed E-state index contributed by atoms with van der Waals surface area (Å²) in [5, 5.41) is 15.2. The summed E-state index contributed by atoms with van der Waals surface area (Å²) < 4.78 is 0. The fraction of sp³-hybridized carbons (Fsp3) is 0.909. The Kier molecular flexibility index (Phi) is 4.54. The maximum Gasteiger partial charge on any atom is 0.224 e. The summed E-state index contributed by atoms with van der Waals surface area (Å²) in [5.41, 5.74) is -0.224. The van der Waals surface area contributed by atoms with Crippen molar-refractivity contribution in [3.63, 3.8) is 0 Å². The third kappa shape index (κ3) is 4.18. The largest absolute Gasteiger partial charge is 0.396 e. The van der Waals surface area contributed by atoms with Crippen LogP contribution in [0.1, 0.15) is 26.7 Å². The Hall–Kier alpha value is -0.610. The van der Waals surface area contributed by atoms with E-state index in [0.717, 1.165) is 25.9 Å². The number of aliphatic hydroxyl groups is 1. The number of hydrogen-bond donors (Lipinski definition) is 3. The van der Waals surface area contributed by atoms with E-state index in [9.17, 15) is 4.79 Å². The van der Waals surface area contributed by atoms with Gasteiger partial charge in [-0.1, -0.05) is 13.8 Å². The van der Waals surface area contributed by atoms with Crippen LogP contribution in [0.5, 0.6) is 0 Å². The first-order valence-corrected chi connectivity index (χ1v) is 5.64. The number of aliphatic hydroxyl groups excluding tert-OH is 1. The van der Waals surface area contributed by atoms with Crippen LogP contribution in [0.4, 0.5) is 0 Å². The molecule has 1 rings (SSSR count). The fourth-order valence-electron chi connectivity index (χ4n) is 1.60. The molecule has 3 N–H and O–H groups in total. The normalized spacial score (nSPS) is 22.5. The highest BCUT2D eigenvalue weighted by molar-refractivity contribution is 5.79. The van der Waals surface area contributed by atoms with Gasteiger partial charge in [0.25, 0.3) is 0 Å². The van der Waals surface area contributed by atoms with E-state index >= 15 is 0 Å². The van der Waals surface area contributed by atoms with E-state index in [1.54, 1.807) is 0 Å². The number of hydrogen-bond acceptors (Lipinski definition) is 3. The second kappa shape index (κ2) is 5.47. The molecule has 4 heteroatoms. The summed E-state index contributed by atoms with van der Waals surface area (Å²) in [6.45, 7) is 6.31. The number of carbonyl (C=O) groups is 1. The molecule has 0 spiro atoms. The summed E-state index contributed by atoms with van der Waals surface area (Å²) in [6, 6.07) is 0. The van der Waals surface area contributed by atoms with E-state index < -0.39 is 0 Å². The second-order valence-electron chi connectivity index (χ2n) is 5.08. The van der Waals surface area contributed by atoms with Gasteiger partial charge in [0, 0.05) is 25.1 Å². The van der Waals surface area contributed by atoms with Crippen LogP contribution in [0.25, 0.3) is 0 Å². The molecule has 4 nitrogen and oxygen atoms in total. The maximum atomic E-state index is 11.7. The molecule has 1 fully saturated rings. The molecular weight excluding hydrogens is 192 g/mol. The first-order valence-electron chi connectivity index (χ1n) is 5.64. The van der Waals surface area contributed by atoms with Crippen LogP contribution in [0.3, 0.4) is 0 Å². The fourth-order valence-corrected chi connectivity index (χ4v) is 1.60. The molecule has 0 aromatic carbocycles. The lowest BCUT2D eigenvalue weighted by Gasteiger charge is -2.26. The zero-order chi connectivity index (χ0) is 11.3. The van der Waals surface area contributed by atoms with E-state index in [2.05, 4.69) is 10.6 Å². The first kappa shape index (κ1) is 12.5. The van der Waals surface area contributed by atoms with Gasteiger partial charge in [-0.3, -0.25) is 4.79 Å². The lowest BCUT2D eigenvalue weighted by Crippen LogP contribution is -2.44. The molecule has 15 heavy (non-hydrogen) atoms. The first-order chi connectivity index (χ1) is 7.05. The van der Waals surface area contributed by atoms with Gasteiger partial charge in [0.1, 0.15) is 0 Å². The number of nitrogens with one attached hydrogen (secondary N) is 2. The Balaban J connectivity index is 2.28. The molecule has 0 unspecified atom stereocenters. The Labute approximate surface area is 91.4 Å². The van der Waals surface area contributed by atoms with E-state index in [-0.39, 0.29) is 23.8 Å². The Morgan fingerprint density at radius 2 is 2.33 bits per heavy atom. The summed E-state index contributed by atoms with van der Waals surface area (Å²) in [4.78, 5) is 11.7. The summed E-state index contributed by atoms with van der Waals surface area (Å²) >= 11 is 0. The average Bonchev–Trinajstić information content (AvgIpc) is 2.27. The number of amides is 1. The van der Waals surface area contributed by atoms with Crippen molar-refractivity contribution in [2.45, 2.75) is 26.7 Å². The van der Waals surface area contributed by atoms with Crippen LogP contribution >= 0.6 is 0 Å². The quantitative estimate of drug-likeness (QED) is 0.623. The van der Waals surface area contributed by atoms with Crippen molar-refractivity contribution < 1.29 is 9.90 Å². The Morgan fingerprint density at radius 1 is 1.60 bits per heavy atom. The number of carbonyl (C=O) groups excluding carboxylic acids is 1. The molecular formula is C11H22N2O2. The van der Waals surface area contributed by atoms with E-state index in [0.29, 0.717) is 6.54 Å². The molecule has 0 radical (unpaired) electrons. The number of piperidine rings is 1. The topological polar surface area (TPSA) is 61.4 Å². The summed E-state index contributed by atoms with van der Waals surface area (Å²) in [7, 11) is 0. The van der Waals surface area contributed by atoms with E-state index in [1.165, 1.54) is 0 Å². The molecule has 0 aromatic rings. The van der Waals surface area contributed by atoms with Crippen LogP contribution < -0.4 is 10.6 Å². The van der Waals surface area contributed by atoms with Crippen molar-refractivity contribution in [3.8, 4) is 0 Å². The Morgan fingerprint density at radius 3 is 2.87 bits per heavy atom. The van der Waals surface area contributed by atoms with Gasteiger partial charge in [-0.15, -0.1) is 0 Å². The van der Waals surface area contributed by atoms with Crippen LogP contribution in [-0.4, -0.2) is 37.3 Å². The molecule has 0 saturated carbocycles. The zero-order valence-corrected chi connectivity index (χ0v) is 9.68. The average molecular weight is 214 g/mol. The van der Waals surface area contributed by atoms with Gasteiger partial charge in [-0.2, -0.15) is 0 Å². The van der Waals surface area contributed by atoms with Crippen molar-refractivity contribution in [1.29, 1.82) is 0 Å². The third-order valence-corrected chi connectivity index (χ3v) is 2.84. The van der Waals surface area contributed by atoms with E-state index in [1.807, 2.05) is 13.8 Å². The monoisotopic (exact) mass is 214 g/mol. The van der Waals surface area contributed by atoms with Crippen molar-refractivity contribution >= 4 is 5.91 Å². The Bertz CT molecular complexity index is 211. The summed E-state index contributed by atoms with van der Waals surface area (Å²) in [5.74, 6) is 0.219. The van der Waals surface area contributed by atoms with E-state index in [4.69, 9.17) is 5.11 Å². The van der Waals surface area contributed by atoms with Gasteiger partial charge in [0.15, 0.2) is 0 Å². The standard InChI is InChI=1S/C11H22N2O2/c1-11(2,8-14)7-13-10(15)9-4-3-5-12-6-9/h9,12,14H,3-8H2,1-2H3,(H,13,15)/t9-/m0/s1. The van der Waals surface area contributed by atoms with Gasteiger partial charge in [0.05, 0.1) is 5.92 Å². The molecule has 1 heterocycles. The van der Waals surface area contributed by atoms with Gasteiger partial charge >= 0.3 is 0 Å². The zero-order valence-electron chi connectivity index (χ0n) is 9.68. The van der Waals surface area contributed by atoms with Crippen molar-refractivity contribution in [1.82, 2.24) is 10.6 Å². The smallest absolute Gasteiger partial charge is 0.224 e. The third-order valence-electron chi connectivity index (χ3n) is 2.84.